The Kier molecular flexibility index (Phi) is 13.4. The van der Waals surface area contributed by atoms with E-state index in [0.29, 0.717) is 12.0 Å². The predicted octanol–water partition coefficient (Wildman–Crippen LogP) is 3.54. The highest BCUT2D eigenvalue weighted by Crippen LogP contribution is 2.09. The summed E-state index contributed by atoms with van der Waals surface area (Å²) in [6.07, 6.45) is 9.15. The Bertz CT molecular complexity index is 362. The second-order valence-corrected chi connectivity index (χ2v) is 5.74. The van der Waals surface area contributed by atoms with Crippen LogP contribution in [0.3, 0.4) is 0 Å². The highest BCUT2D eigenvalue weighted by Gasteiger charge is 2.16. The molecule has 5 heteroatoms. The van der Waals surface area contributed by atoms with Crippen molar-refractivity contribution in [3.8, 4) is 0 Å². The van der Waals surface area contributed by atoms with Gasteiger partial charge in [-0.1, -0.05) is 51.5 Å². The van der Waals surface area contributed by atoms with Gasteiger partial charge in [-0.3, -0.25) is 4.79 Å². The molecular formula is C18H32O5. The first-order valence-corrected chi connectivity index (χ1v) is 8.65. The standard InChI is InChI=1S/C18H32O5/c1-4-6-7-8-9-10-11-12-17(20)22-14-16(13-19)23-18(21)15(3)5-2/h5,16,19H,4,6-14H2,1-3H3. The Morgan fingerprint density at radius 3 is 2.26 bits per heavy atom. The molecule has 0 bridgehead atoms. The van der Waals surface area contributed by atoms with Crippen LogP contribution in [0.4, 0.5) is 0 Å². The van der Waals surface area contributed by atoms with Gasteiger partial charge in [-0.15, -0.1) is 0 Å². The van der Waals surface area contributed by atoms with Gasteiger partial charge in [-0.05, 0) is 20.3 Å². The molecule has 23 heavy (non-hydrogen) atoms. The zero-order valence-corrected chi connectivity index (χ0v) is 14.8. The van der Waals surface area contributed by atoms with Crippen molar-refractivity contribution in [1.82, 2.24) is 0 Å². The molecule has 0 heterocycles. The highest BCUT2D eigenvalue weighted by atomic mass is 16.6. The van der Waals surface area contributed by atoms with Crippen molar-refractivity contribution in [2.24, 2.45) is 0 Å². The molecule has 1 unspecified atom stereocenters. The minimum absolute atomic E-state index is 0.103. The molecule has 1 atom stereocenters. The van der Waals surface area contributed by atoms with Crippen LogP contribution in [0.25, 0.3) is 0 Å². The van der Waals surface area contributed by atoms with Crippen molar-refractivity contribution in [3.63, 3.8) is 0 Å². The summed E-state index contributed by atoms with van der Waals surface area (Å²) in [4.78, 5) is 23.2. The number of carbonyl (C=O) groups is 2. The minimum atomic E-state index is -0.810. The van der Waals surface area contributed by atoms with Gasteiger partial charge < -0.3 is 14.6 Å². The van der Waals surface area contributed by atoms with Gasteiger partial charge in [0.05, 0.1) is 6.61 Å². The van der Waals surface area contributed by atoms with E-state index in [9.17, 15) is 14.7 Å². The average Bonchev–Trinajstić information content (AvgIpc) is 2.56. The molecule has 0 fully saturated rings. The van der Waals surface area contributed by atoms with Crippen molar-refractivity contribution >= 4 is 11.9 Å². The van der Waals surface area contributed by atoms with Crippen LogP contribution in [0, 0.1) is 0 Å². The first-order valence-electron chi connectivity index (χ1n) is 8.65. The zero-order chi connectivity index (χ0) is 17.5. The van der Waals surface area contributed by atoms with Crippen molar-refractivity contribution in [1.29, 1.82) is 0 Å². The van der Waals surface area contributed by atoms with Crippen LogP contribution in [0.5, 0.6) is 0 Å². The summed E-state index contributed by atoms with van der Waals surface area (Å²) >= 11 is 0. The van der Waals surface area contributed by atoms with Crippen LogP contribution >= 0.6 is 0 Å². The first-order chi connectivity index (χ1) is 11.0. The third kappa shape index (κ3) is 11.8. The minimum Gasteiger partial charge on any atom is -0.462 e. The SMILES string of the molecule is CC=C(C)C(=O)OC(CO)COC(=O)CCCCCCCCC. The number of unbranched alkanes of at least 4 members (excludes halogenated alkanes) is 6. The Labute approximate surface area is 140 Å². The Balaban J connectivity index is 3.78. The zero-order valence-electron chi connectivity index (χ0n) is 14.8. The number of rotatable bonds is 13. The second-order valence-electron chi connectivity index (χ2n) is 5.74. The largest absolute Gasteiger partial charge is 0.462 e. The number of hydrogen-bond donors (Lipinski definition) is 1. The van der Waals surface area contributed by atoms with Gasteiger partial charge in [0.1, 0.15) is 6.61 Å². The highest BCUT2D eigenvalue weighted by molar-refractivity contribution is 5.87. The van der Waals surface area contributed by atoms with Crippen LogP contribution in [0.2, 0.25) is 0 Å². The molecule has 0 radical (unpaired) electrons. The fraction of sp³-hybridized carbons (Fsp3) is 0.778. The smallest absolute Gasteiger partial charge is 0.333 e. The molecule has 0 aromatic rings. The molecule has 0 aromatic carbocycles. The Morgan fingerprint density at radius 1 is 1.09 bits per heavy atom. The lowest BCUT2D eigenvalue weighted by Gasteiger charge is -2.15. The van der Waals surface area contributed by atoms with E-state index in [1.807, 2.05) is 0 Å². The third-order valence-electron chi connectivity index (χ3n) is 3.65. The molecular weight excluding hydrogens is 296 g/mol. The molecule has 134 valence electrons. The summed E-state index contributed by atoms with van der Waals surface area (Å²) < 4.78 is 10.1. The maximum atomic E-state index is 11.6. The lowest BCUT2D eigenvalue weighted by atomic mass is 10.1. The molecule has 0 rings (SSSR count). The van der Waals surface area contributed by atoms with Gasteiger partial charge in [0, 0.05) is 12.0 Å². The van der Waals surface area contributed by atoms with Crippen molar-refractivity contribution < 1.29 is 24.2 Å². The molecule has 5 nitrogen and oxygen atoms in total. The van der Waals surface area contributed by atoms with Gasteiger partial charge >= 0.3 is 11.9 Å². The van der Waals surface area contributed by atoms with Crippen molar-refractivity contribution in [2.75, 3.05) is 13.2 Å². The van der Waals surface area contributed by atoms with E-state index in [1.54, 1.807) is 19.9 Å². The van der Waals surface area contributed by atoms with Crippen LogP contribution in [0.15, 0.2) is 11.6 Å². The fourth-order valence-corrected chi connectivity index (χ4v) is 1.97. The molecule has 0 aliphatic heterocycles. The lowest BCUT2D eigenvalue weighted by molar-refractivity contribution is -0.158. The molecule has 0 aliphatic rings. The van der Waals surface area contributed by atoms with E-state index >= 15 is 0 Å². The van der Waals surface area contributed by atoms with Crippen molar-refractivity contribution in [2.45, 2.75) is 78.2 Å². The Morgan fingerprint density at radius 2 is 1.70 bits per heavy atom. The summed E-state index contributed by atoms with van der Waals surface area (Å²) in [6.45, 7) is 5.07. The summed E-state index contributed by atoms with van der Waals surface area (Å²) in [5.74, 6) is -0.814. The number of aliphatic hydroxyl groups is 1. The summed E-state index contributed by atoms with van der Waals surface area (Å²) in [5.41, 5.74) is 0.456. The van der Waals surface area contributed by atoms with Gasteiger partial charge in [0.15, 0.2) is 6.10 Å². The number of ether oxygens (including phenoxy) is 2. The number of esters is 2. The van der Waals surface area contributed by atoms with Gasteiger partial charge in [-0.2, -0.15) is 0 Å². The van der Waals surface area contributed by atoms with E-state index in [-0.39, 0.29) is 19.2 Å². The fourth-order valence-electron chi connectivity index (χ4n) is 1.97. The monoisotopic (exact) mass is 328 g/mol. The average molecular weight is 328 g/mol. The summed E-state index contributed by atoms with van der Waals surface area (Å²) in [7, 11) is 0. The number of allylic oxidation sites excluding steroid dienone is 1. The van der Waals surface area contributed by atoms with Crippen LogP contribution in [0.1, 0.15) is 72.1 Å². The summed E-state index contributed by atoms with van der Waals surface area (Å²) in [6, 6.07) is 0. The van der Waals surface area contributed by atoms with Gasteiger partial charge in [0.25, 0.3) is 0 Å². The van der Waals surface area contributed by atoms with E-state index < -0.39 is 12.1 Å². The maximum absolute atomic E-state index is 11.6. The quantitative estimate of drug-likeness (QED) is 0.318. The normalized spacial score (nSPS) is 12.8. The topological polar surface area (TPSA) is 72.8 Å². The molecule has 0 spiro atoms. The van der Waals surface area contributed by atoms with Crippen molar-refractivity contribution in [3.05, 3.63) is 11.6 Å². The lowest BCUT2D eigenvalue weighted by Crippen LogP contribution is -2.28. The molecule has 0 amide bonds. The Hall–Kier alpha value is -1.36. The molecule has 0 aliphatic carbocycles. The van der Waals surface area contributed by atoms with Crippen LogP contribution < -0.4 is 0 Å². The van der Waals surface area contributed by atoms with E-state index in [1.165, 1.54) is 25.7 Å². The van der Waals surface area contributed by atoms with E-state index in [0.717, 1.165) is 19.3 Å². The van der Waals surface area contributed by atoms with Gasteiger partial charge in [-0.25, -0.2) is 4.79 Å². The van der Waals surface area contributed by atoms with E-state index in [4.69, 9.17) is 9.47 Å². The van der Waals surface area contributed by atoms with Gasteiger partial charge in [0.2, 0.25) is 0 Å². The summed E-state index contributed by atoms with van der Waals surface area (Å²) in [5, 5.41) is 9.17. The second kappa shape index (κ2) is 14.2. The van der Waals surface area contributed by atoms with Crippen LogP contribution in [-0.2, 0) is 19.1 Å². The molecule has 0 saturated heterocycles. The third-order valence-corrected chi connectivity index (χ3v) is 3.65. The first kappa shape index (κ1) is 21.6. The number of hydrogen-bond acceptors (Lipinski definition) is 5. The number of aliphatic hydroxyl groups excluding tert-OH is 1. The number of carbonyl (C=O) groups excluding carboxylic acids is 2. The molecule has 0 saturated carbocycles. The maximum Gasteiger partial charge on any atom is 0.333 e. The predicted molar refractivity (Wildman–Crippen MR) is 90.0 cm³/mol. The molecule has 0 aromatic heterocycles. The molecule has 1 N–H and O–H groups in total. The van der Waals surface area contributed by atoms with E-state index in [2.05, 4.69) is 6.92 Å². The van der Waals surface area contributed by atoms with Crippen LogP contribution in [-0.4, -0.2) is 36.4 Å².